The van der Waals surface area contributed by atoms with Gasteiger partial charge in [-0.3, -0.25) is 0 Å². The minimum atomic E-state index is 0.623. The molecule has 0 unspecified atom stereocenters. The summed E-state index contributed by atoms with van der Waals surface area (Å²) in [4.78, 5) is 9.05. The highest BCUT2D eigenvalue weighted by Gasteiger charge is 2.25. The lowest BCUT2D eigenvalue weighted by Crippen LogP contribution is -2.09. The van der Waals surface area contributed by atoms with Crippen molar-refractivity contribution in [2.75, 3.05) is 39.3 Å². The molecule has 0 spiro atoms. The fourth-order valence-corrected chi connectivity index (χ4v) is 1.75. The van der Waals surface area contributed by atoms with Crippen LogP contribution in [-0.2, 0) is 15.9 Å². The minimum absolute atomic E-state index is 0.623. The van der Waals surface area contributed by atoms with Crippen molar-refractivity contribution in [2.24, 2.45) is 0 Å². The van der Waals surface area contributed by atoms with Crippen molar-refractivity contribution in [3.8, 4) is 0 Å². The second kappa shape index (κ2) is 6.66. The number of ether oxygens (including phenoxy) is 2. The molecular weight excluding hydrogens is 230 g/mol. The maximum atomic E-state index is 5.44. The molecule has 1 aliphatic rings. The predicted octanol–water partition coefficient (Wildman–Crippen LogP) is 1.60. The molecule has 1 fully saturated rings. The van der Waals surface area contributed by atoms with E-state index < -0.39 is 0 Å². The molecule has 0 radical (unpaired) electrons. The first-order valence-corrected chi connectivity index (χ1v) is 6.45. The quantitative estimate of drug-likeness (QED) is 0.711. The Morgan fingerprint density at radius 3 is 2.78 bits per heavy atom. The van der Waals surface area contributed by atoms with E-state index in [0.29, 0.717) is 25.7 Å². The zero-order chi connectivity index (χ0) is 12.8. The molecule has 0 aliphatic heterocycles. The van der Waals surface area contributed by atoms with Crippen LogP contribution < -0.4 is 5.32 Å². The number of nitrogens with one attached hydrogen (secondary N) is 1. The predicted molar refractivity (Wildman–Crippen MR) is 70.0 cm³/mol. The van der Waals surface area contributed by atoms with Gasteiger partial charge in [0.25, 0.3) is 0 Å². The summed E-state index contributed by atoms with van der Waals surface area (Å²) in [5, 5.41) is 3.09. The van der Waals surface area contributed by atoms with Gasteiger partial charge in [0.05, 0.1) is 19.8 Å². The number of nitrogens with zero attached hydrogens (tertiary/aromatic N) is 2. The van der Waals surface area contributed by atoms with Crippen molar-refractivity contribution in [1.82, 2.24) is 9.97 Å². The van der Waals surface area contributed by atoms with Gasteiger partial charge >= 0.3 is 0 Å². The molecule has 0 bridgehead atoms. The van der Waals surface area contributed by atoms with Gasteiger partial charge in [-0.15, -0.1) is 0 Å². The zero-order valence-corrected chi connectivity index (χ0v) is 11.1. The van der Waals surface area contributed by atoms with E-state index in [9.17, 15) is 0 Å². The summed E-state index contributed by atoms with van der Waals surface area (Å²) < 4.78 is 10.4. The highest BCUT2D eigenvalue weighted by atomic mass is 16.5. The molecule has 1 aromatic rings. The molecule has 0 saturated heterocycles. The fourth-order valence-electron chi connectivity index (χ4n) is 1.75. The molecule has 1 aliphatic carbocycles. The summed E-state index contributed by atoms with van der Waals surface area (Å²) in [6.45, 7) is 1.89. The Kier molecular flexibility index (Phi) is 4.90. The van der Waals surface area contributed by atoms with Crippen molar-refractivity contribution in [1.29, 1.82) is 0 Å². The Hall–Kier alpha value is -1.20. The maximum absolute atomic E-state index is 5.44. The van der Waals surface area contributed by atoms with E-state index in [1.807, 2.05) is 13.1 Å². The summed E-state index contributed by atoms with van der Waals surface area (Å²) in [6.07, 6.45) is 3.26. The first-order chi connectivity index (χ1) is 8.83. The smallest absolute Gasteiger partial charge is 0.133 e. The average Bonchev–Trinajstić information content (AvgIpc) is 3.22. The highest BCUT2D eigenvalue weighted by molar-refractivity contribution is 5.37. The van der Waals surface area contributed by atoms with Crippen LogP contribution in [0.3, 0.4) is 0 Å². The van der Waals surface area contributed by atoms with Crippen LogP contribution in [0.5, 0.6) is 0 Å². The first-order valence-electron chi connectivity index (χ1n) is 6.45. The van der Waals surface area contributed by atoms with E-state index in [1.54, 1.807) is 7.11 Å². The van der Waals surface area contributed by atoms with Gasteiger partial charge in [-0.25, -0.2) is 9.97 Å². The van der Waals surface area contributed by atoms with Crippen LogP contribution in [0.25, 0.3) is 0 Å². The lowest BCUT2D eigenvalue weighted by atomic mass is 10.2. The molecule has 1 aromatic heterocycles. The van der Waals surface area contributed by atoms with Crippen LogP contribution >= 0.6 is 0 Å². The Morgan fingerprint density at radius 1 is 1.28 bits per heavy atom. The van der Waals surface area contributed by atoms with Gasteiger partial charge in [0.2, 0.25) is 0 Å². The van der Waals surface area contributed by atoms with Crippen LogP contribution in [0.15, 0.2) is 6.07 Å². The lowest BCUT2D eigenvalue weighted by molar-refractivity contribution is 0.0716. The van der Waals surface area contributed by atoms with E-state index in [1.165, 1.54) is 18.5 Å². The van der Waals surface area contributed by atoms with Crippen molar-refractivity contribution in [2.45, 2.75) is 25.2 Å². The van der Waals surface area contributed by atoms with E-state index in [2.05, 4.69) is 15.3 Å². The van der Waals surface area contributed by atoms with E-state index >= 15 is 0 Å². The van der Waals surface area contributed by atoms with Gasteiger partial charge in [-0.2, -0.15) is 0 Å². The van der Waals surface area contributed by atoms with Crippen molar-refractivity contribution in [3.05, 3.63) is 17.6 Å². The summed E-state index contributed by atoms with van der Waals surface area (Å²) in [5.41, 5.74) is 1.17. The monoisotopic (exact) mass is 251 g/mol. The van der Waals surface area contributed by atoms with Crippen molar-refractivity contribution < 1.29 is 9.47 Å². The molecule has 100 valence electrons. The van der Waals surface area contributed by atoms with Crippen LogP contribution in [0, 0.1) is 0 Å². The fraction of sp³-hybridized carbons (Fsp3) is 0.692. The third-order valence-electron chi connectivity index (χ3n) is 2.95. The third-order valence-corrected chi connectivity index (χ3v) is 2.95. The van der Waals surface area contributed by atoms with Crippen LogP contribution in [0.4, 0.5) is 5.82 Å². The normalized spacial score (nSPS) is 14.8. The first kappa shape index (κ1) is 13.2. The molecule has 1 heterocycles. The number of methoxy groups -OCH3 is 1. The van der Waals surface area contributed by atoms with Gasteiger partial charge in [0.1, 0.15) is 11.6 Å². The van der Waals surface area contributed by atoms with E-state index in [0.717, 1.165) is 18.1 Å². The Morgan fingerprint density at radius 2 is 2.11 bits per heavy atom. The summed E-state index contributed by atoms with van der Waals surface area (Å²) >= 11 is 0. The standard InChI is InChI=1S/C13H21N3O2/c1-14-13-9-11(10-3-4-10)15-12(16-13)5-6-18-8-7-17-2/h9-10H,3-8H2,1-2H3,(H,14,15,16). The topological polar surface area (TPSA) is 56.3 Å². The molecule has 5 nitrogen and oxygen atoms in total. The number of anilines is 1. The Balaban J connectivity index is 1.88. The van der Waals surface area contributed by atoms with E-state index in [-0.39, 0.29) is 0 Å². The van der Waals surface area contributed by atoms with Gasteiger partial charge in [-0.05, 0) is 12.8 Å². The molecule has 0 amide bonds. The summed E-state index contributed by atoms with van der Waals surface area (Å²) in [5.74, 6) is 2.41. The van der Waals surface area contributed by atoms with Crippen molar-refractivity contribution in [3.63, 3.8) is 0 Å². The molecule has 18 heavy (non-hydrogen) atoms. The number of rotatable bonds is 8. The van der Waals surface area contributed by atoms with Crippen molar-refractivity contribution >= 4 is 5.82 Å². The average molecular weight is 251 g/mol. The molecule has 5 heteroatoms. The highest BCUT2D eigenvalue weighted by Crippen LogP contribution is 2.39. The Labute approximate surface area is 108 Å². The maximum Gasteiger partial charge on any atom is 0.133 e. The van der Waals surface area contributed by atoms with Crippen LogP contribution in [0.2, 0.25) is 0 Å². The lowest BCUT2D eigenvalue weighted by Gasteiger charge is -2.07. The largest absolute Gasteiger partial charge is 0.382 e. The summed E-state index contributed by atoms with van der Waals surface area (Å²) in [6, 6.07) is 2.05. The molecule has 1 N–H and O–H groups in total. The third kappa shape index (κ3) is 3.92. The molecule has 2 rings (SSSR count). The zero-order valence-electron chi connectivity index (χ0n) is 11.1. The van der Waals surface area contributed by atoms with Gasteiger partial charge in [0.15, 0.2) is 0 Å². The second-order valence-electron chi connectivity index (χ2n) is 4.47. The van der Waals surface area contributed by atoms with Crippen LogP contribution in [-0.4, -0.2) is 43.9 Å². The minimum Gasteiger partial charge on any atom is -0.382 e. The van der Waals surface area contributed by atoms with Crippen LogP contribution in [0.1, 0.15) is 30.3 Å². The molecule has 0 atom stereocenters. The number of hydrogen-bond donors (Lipinski definition) is 1. The molecule has 0 aromatic carbocycles. The van der Waals surface area contributed by atoms with E-state index in [4.69, 9.17) is 9.47 Å². The number of hydrogen-bond acceptors (Lipinski definition) is 5. The van der Waals surface area contributed by atoms with Gasteiger partial charge < -0.3 is 14.8 Å². The Bertz CT molecular complexity index is 380. The second-order valence-corrected chi connectivity index (χ2v) is 4.47. The number of aromatic nitrogens is 2. The SMILES string of the molecule is CNc1cc(C2CC2)nc(CCOCCOC)n1. The van der Waals surface area contributed by atoms with Gasteiger partial charge in [-0.1, -0.05) is 0 Å². The molecular formula is C13H21N3O2. The van der Waals surface area contributed by atoms with Gasteiger partial charge in [0, 0.05) is 38.3 Å². The summed E-state index contributed by atoms with van der Waals surface area (Å²) in [7, 11) is 3.56. The molecule has 1 saturated carbocycles.